The Bertz CT molecular complexity index is 718. The summed E-state index contributed by atoms with van der Waals surface area (Å²) in [5, 5.41) is 2.63. The standard InChI is InChI=1S/C20H30N2O3S/c1-15(2)12-21-20(23)17-9-11-26(24,25)19-14-22(13-18(17)19)10-8-16-6-4-3-5-7-16/h3-7,15,17-19H,8-14H2,1-2H3,(H,21,23)/t17-,18+,19+/m0/s1. The van der Waals surface area contributed by atoms with E-state index in [1.807, 2.05) is 18.2 Å². The van der Waals surface area contributed by atoms with Gasteiger partial charge >= 0.3 is 0 Å². The first kappa shape index (κ1) is 19.4. The number of hydrogen-bond acceptors (Lipinski definition) is 4. The Balaban J connectivity index is 1.65. The number of fused-ring (bicyclic) bond motifs is 1. The molecule has 1 aromatic carbocycles. The van der Waals surface area contributed by atoms with Gasteiger partial charge in [-0.1, -0.05) is 44.2 Å². The van der Waals surface area contributed by atoms with E-state index in [-0.39, 0.29) is 28.7 Å². The summed E-state index contributed by atoms with van der Waals surface area (Å²) < 4.78 is 25.1. The molecular weight excluding hydrogens is 348 g/mol. The van der Waals surface area contributed by atoms with Gasteiger partial charge in [-0.2, -0.15) is 0 Å². The minimum absolute atomic E-state index is 0.0357. The lowest BCUT2D eigenvalue weighted by Gasteiger charge is -2.32. The molecule has 5 nitrogen and oxygen atoms in total. The number of carbonyl (C=O) groups is 1. The number of amides is 1. The van der Waals surface area contributed by atoms with Crippen LogP contribution in [0.25, 0.3) is 0 Å². The highest BCUT2D eigenvalue weighted by molar-refractivity contribution is 7.92. The predicted molar refractivity (Wildman–Crippen MR) is 104 cm³/mol. The van der Waals surface area contributed by atoms with Crippen LogP contribution in [0.4, 0.5) is 0 Å². The van der Waals surface area contributed by atoms with Crippen molar-refractivity contribution in [3.8, 4) is 0 Å². The fourth-order valence-electron chi connectivity index (χ4n) is 4.18. The Morgan fingerprint density at radius 3 is 2.65 bits per heavy atom. The first-order chi connectivity index (χ1) is 12.4. The smallest absolute Gasteiger partial charge is 0.223 e. The van der Waals surface area contributed by atoms with Crippen LogP contribution in [0, 0.1) is 17.8 Å². The fourth-order valence-corrected chi connectivity index (χ4v) is 6.31. The summed E-state index contributed by atoms with van der Waals surface area (Å²) in [6.45, 7) is 6.89. The van der Waals surface area contributed by atoms with Crippen LogP contribution in [0.3, 0.4) is 0 Å². The van der Waals surface area contributed by atoms with E-state index < -0.39 is 9.84 Å². The molecule has 144 valence electrons. The molecule has 3 rings (SSSR count). The topological polar surface area (TPSA) is 66.5 Å². The number of sulfone groups is 1. The van der Waals surface area contributed by atoms with Gasteiger partial charge in [0, 0.05) is 38.0 Å². The highest BCUT2D eigenvalue weighted by Gasteiger charge is 2.50. The minimum atomic E-state index is -3.10. The summed E-state index contributed by atoms with van der Waals surface area (Å²) >= 11 is 0. The third kappa shape index (κ3) is 4.46. The van der Waals surface area contributed by atoms with Crippen molar-refractivity contribution >= 4 is 15.7 Å². The zero-order chi connectivity index (χ0) is 18.7. The molecule has 2 fully saturated rings. The van der Waals surface area contributed by atoms with Gasteiger partial charge < -0.3 is 10.2 Å². The molecule has 6 heteroatoms. The van der Waals surface area contributed by atoms with E-state index >= 15 is 0 Å². The molecule has 0 aromatic heterocycles. The van der Waals surface area contributed by atoms with Crippen LogP contribution in [-0.4, -0.2) is 56.4 Å². The summed E-state index contributed by atoms with van der Waals surface area (Å²) in [6, 6.07) is 10.3. The summed E-state index contributed by atoms with van der Waals surface area (Å²) in [7, 11) is -3.10. The maximum absolute atomic E-state index is 12.6. The number of carbonyl (C=O) groups excluding carboxylic acids is 1. The van der Waals surface area contributed by atoms with E-state index in [1.54, 1.807) is 0 Å². The van der Waals surface area contributed by atoms with Crippen LogP contribution in [0.15, 0.2) is 30.3 Å². The molecule has 2 aliphatic heterocycles. The van der Waals surface area contributed by atoms with Crippen molar-refractivity contribution in [2.24, 2.45) is 17.8 Å². The average Bonchev–Trinajstić information content (AvgIpc) is 3.04. The number of nitrogens with one attached hydrogen (secondary N) is 1. The fraction of sp³-hybridized carbons (Fsp3) is 0.650. The van der Waals surface area contributed by atoms with Gasteiger partial charge in [-0.25, -0.2) is 8.42 Å². The number of nitrogens with zero attached hydrogens (tertiary/aromatic N) is 1. The van der Waals surface area contributed by atoms with Crippen LogP contribution in [-0.2, 0) is 21.1 Å². The van der Waals surface area contributed by atoms with Crippen molar-refractivity contribution in [1.82, 2.24) is 10.2 Å². The molecule has 0 bridgehead atoms. The maximum atomic E-state index is 12.6. The number of rotatable bonds is 6. The van der Waals surface area contributed by atoms with Gasteiger partial charge in [-0.15, -0.1) is 0 Å². The monoisotopic (exact) mass is 378 g/mol. The van der Waals surface area contributed by atoms with Gasteiger partial charge in [0.2, 0.25) is 5.91 Å². The molecule has 0 unspecified atom stereocenters. The van der Waals surface area contributed by atoms with E-state index in [9.17, 15) is 13.2 Å². The van der Waals surface area contributed by atoms with Crippen molar-refractivity contribution in [2.45, 2.75) is 31.9 Å². The lowest BCUT2D eigenvalue weighted by atomic mass is 9.87. The second-order valence-corrected chi connectivity index (χ2v) is 10.4. The largest absolute Gasteiger partial charge is 0.356 e. The van der Waals surface area contributed by atoms with Gasteiger partial charge in [-0.3, -0.25) is 4.79 Å². The highest BCUT2D eigenvalue weighted by atomic mass is 32.2. The molecule has 26 heavy (non-hydrogen) atoms. The van der Waals surface area contributed by atoms with Crippen LogP contribution < -0.4 is 5.32 Å². The Kier molecular flexibility index (Phi) is 6.03. The zero-order valence-corrected chi connectivity index (χ0v) is 16.5. The third-order valence-corrected chi connectivity index (χ3v) is 7.88. The maximum Gasteiger partial charge on any atom is 0.223 e. The number of benzene rings is 1. The highest BCUT2D eigenvalue weighted by Crippen LogP contribution is 2.37. The second-order valence-electron chi connectivity index (χ2n) is 8.10. The quantitative estimate of drug-likeness (QED) is 0.819. The van der Waals surface area contributed by atoms with Crippen LogP contribution in [0.2, 0.25) is 0 Å². The van der Waals surface area contributed by atoms with Gasteiger partial charge in [0.1, 0.15) is 0 Å². The lowest BCUT2D eigenvalue weighted by Crippen LogP contribution is -2.47. The molecule has 2 heterocycles. The van der Waals surface area contributed by atoms with E-state index in [2.05, 4.69) is 36.2 Å². The lowest BCUT2D eigenvalue weighted by molar-refractivity contribution is -0.126. The van der Waals surface area contributed by atoms with E-state index in [1.165, 1.54) is 5.56 Å². The van der Waals surface area contributed by atoms with E-state index in [0.717, 1.165) is 13.0 Å². The van der Waals surface area contributed by atoms with Crippen molar-refractivity contribution in [3.63, 3.8) is 0 Å². The Morgan fingerprint density at radius 1 is 1.23 bits per heavy atom. The van der Waals surface area contributed by atoms with E-state index in [4.69, 9.17) is 0 Å². The molecule has 0 radical (unpaired) electrons. The molecule has 0 saturated carbocycles. The molecule has 2 aliphatic rings. The van der Waals surface area contributed by atoms with E-state index in [0.29, 0.717) is 32.0 Å². The molecule has 0 aliphatic carbocycles. The van der Waals surface area contributed by atoms with Gasteiger partial charge in [-0.05, 0) is 24.3 Å². The summed E-state index contributed by atoms with van der Waals surface area (Å²) in [5.74, 6) is 0.322. The normalized spacial score (nSPS) is 28.0. The summed E-state index contributed by atoms with van der Waals surface area (Å²) in [5.41, 5.74) is 1.26. The summed E-state index contributed by atoms with van der Waals surface area (Å²) in [4.78, 5) is 14.8. The Morgan fingerprint density at radius 2 is 1.96 bits per heavy atom. The van der Waals surface area contributed by atoms with Crippen molar-refractivity contribution in [1.29, 1.82) is 0 Å². The van der Waals surface area contributed by atoms with Gasteiger partial charge in [0.05, 0.1) is 11.0 Å². The zero-order valence-electron chi connectivity index (χ0n) is 15.7. The molecule has 1 amide bonds. The van der Waals surface area contributed by atoms with Crippen molar-refractivity contribution < 1.29 is 13.2 Å². The first-order valence-corrected chi connectivity index (χ1v) is 11.3. The van der Waals surface area contributed by atoms with Crippen molar-refractivity contribution in [2.75, 3.05) is 31.9 Å². The van der Waals surface area contributed by atoms with Crippen molar-refractivity contribution in [3.05, 3.63) is 35.9 Å². The van der Waals surface area contributed by atoms with Crippen LogP contribution in [0.5, 0.6) is 0 Å². The molecule has 2 saturated heterocycles. The van der Waals surface area contributed by atoms with Gasteiger partial charge in [0.15, 0.2) is 9.84 Å². The second kappa shape index (κ2) is 8.09. The average molecular weight is 379 g/mol. The molecule has 1 N–H and O–H groups in total. The Labute approximate surface area is 157 Å². The Hall–Kier alpha value is -1.40. The number of likely N-dealkylation sites (tertiary alicyclic amines) is 1. The molecular formula is C20H30N2O3S. The van der Waals surface area contributed by atoms with Crippen LogP contribution in [0.1, 0.15) is 25.8 Å². The predicted octanol–water partition coefficient (Wildman–Crippen LogP) is 1.74. The summed E-state index contributed by atoms with van der Waals surface area (Å²) in [6.07, 6.45) is 1.37. The first-order valence-electron chi connectivity index (χ1n) is 9.62. The van der Waals surface area contributed by atoms with Crippen LogP contribution >= 0.6 is 0 Å². The minimum Gasteiger partial charge on any atom is -0.356 e. The third-order valence-electron chi connectivity index (χ3n) is 5.66. The van der Waals surface area contributed by atoms with Gasteiger partial charge in [0.25, 0.3) is 0 Å². The molecule has 3 atom stereocenters. The molecule has 0 spiro atoms. The SMILES string of the molecule is CC(C)CNC(=O)[C@H]1CCS(=O)(=O)[C@@H]2CN(CCc3ccccc3)C[C@H]12. The number of hydrogen-bond donors (Lipinski definition) is 1. The molecule has 1 aromatic rings.